The Bertz CT molecular complexity index is 787. The fourth-order valence-corrected chi connectivity index (χ4v) is 3.77. The van der Waals surface area contributed by atoms with Crippen molar-refractivity contribution in [1.82, 2.24) is 9.71 Å². The van der Waals surface area contributed by atoms with Crippen molar-refractivity contribution in [2.45, 2.75) is 31.2 Å². The molecule has 106 valence electrons. The highest BCUT2D eigenvalue weighted by Gasteiger charge is 2.47. The summed E-state index contributed by atoms with van der Waals surface area (Å²) in [6, 6.07) is 8.29. The van der Waals surface area contributed by atoms with Gasteiger partial charge in [-0.1, -0.05) is 25.4 Å². The summed E-state index contributed by atoms with van der Waals surface area (Å²) in [5.74, 6) is 0. The lowest BCUT2D eigenvalue weighted by atomic mass is 10.2. The quantitative estimate of drug-likeness (QED) is 0.887. The summed E-state index contributed by atoms with van der Waals surface area (Å²) in [5, 5.41) is 1.15. The van der Waals surface area contributed by atoms with Gasteiger partial charge in [0, 0.05) is 11.4 Å². The number of hydrogen-bond acceptors (Lipinski definition) is 3. The molecular formula is C14H15ClN2O2S. The highest BCUT2D eigenvalue weighted by molar-refractivity contribution is 7.89. The first kappa shape index (κ1) is 13.8. The molecule has 20 heavy (non-hydrogen) atoms. The van der Waals surface area contributed by atoms with Crippen molar-refractivity contribution in [2.75, 3.05) is 0 Å². The van der Waals surface area contributed by atoms with Crippen LogP contribution in [-0.4, -0.2) is 19.4 Å². The minimum Gasteiger partial charge on any atom is -0.236 e. The summed E-state index contributed by atoms with van der Waals surface area (Å²) in [5.41, 5.74) is 0.738. The minimum atomic E-state index is -3.48. The first-order valence-corrected chi connectivity index (χ1v) is 8.23. The highest BCUT2D eigenvalue weighted by atomic mass is 35.5. The molecule has 0 aliphatic heterocycles. The molecule has 1 fully saturated rings. The second kappa shape index (κ2) is 4.41. The van der Waals surface area contributed by atoms with Crippen LogP contribution in [0.25, 0.3) is 10.9 Å². The van der Waals surface area contributed by atoms with E-state index in [0.29, 0.717) is 10.7 Å². The average molecular weight is 311 g/mol. The largest absolute Gasteiger partial charge is 0.240 e. The Hall–Kier alpha value is -1.17. The molecule has 1 N–H and O–H groups in total. The monoisotopic (exact) mass is 310 g/mol. The SMILES string of the molecule is CC1(C)CC1NS(=O)(=O)c1ccc2nc(Cl)ccc2c1. The Morgan fingerprint density at radius 1 is 1.30 bits per heavy atom. The van der Waals surface area contributed by atoms with Gasteiger partial charge in [0.05, 0.1) is 10.4 Å². The molecule has 1 atom stereocenters. The summed E-state index contributed by atoms with van der Waals surface area (Å²) >= 11 is 5.82. The van der Waals surface area contributed by atoms with Crippen LogP contribution in [0.2, 0.25) is 5.15 Å². The third-order valence-electron chi connectivity index (χ3n) is 3.75. The maximum Gasteiger partial charge on any atom is 0.240 e. The van der Waals surface area contributed by atoms with E-state index in [4.69, 9.17) is 11.6 Å². The second-order valence-electron chi connectivity index (χ2n) is 5.86. The van der Waals surface area contributed by atoms with Crippen LogP contribution in [0, 0.1) is 5.41 Å². The lowest BCUT2D eigenvalue weighted by Gasteiger charge is -2.09. The zero-order valence-corrected chi connectivity index (χ0v) is 12.8. The van der Waals surface area contributed by atoms with E-state index < -0.39 is 10.0 Å². The third kappa shape index (κ3) is 2.53. The van der Waals surface area contributed by atoms with E-state index in [1.54, 1.807) is 30.3 Å². The van der Waals surface area contributed by atoms with Crippen LogP contribution < -0.4 is 4.72 Å². The van der Waals surface area contributed by atoms with E-state index in [0.717, 1.165) is 11.8 Å². The van der Waals surface area contributed by atoms with Gasteiger partial charge in [0.15, 0.2) is 0 Å². The topological polar surface area (TPSA) is 59.1 Å². The number of aromatic nitrogens is 1. The molecule has 0 bridgehead atoms. The van der Waals surface area contributed by atoms with Crippen LogP contribution in [0.1, 0.15) is 20.3 Å². The Morgan fingerprint density at radius 2 is 2.00 bits per heavy atom. The van der Waals surface area contributed by atoms with Crippen molar-refractivity contribution in [3.05, 3.63) is 35.5 Å². The number of nitrogens with zero attached hydrogens (tertiary/aromatic N) is 1. The normalized spacial score (nSPS) is 21.1. The zero-order chi connectivity index (χ0) is 14.5. The fourth-order valence-electron chi connectivity index (χ4n) is 2.17. The van der Waals surface area contributed by atoms with Crippen LogP contribution in [0.5, 0.6) is 0 Å². The summed E-state index contributed by atoms with van der Waals surface area (Å²) in [6.45, 7) is 4.10. The van der Waals surface area contributed by atoms with E-state index in [9.17, 15) is 8.42 Å². The van der Waals surface area contributed by atoms with Crippen molar-refractivity contribution < 1.29 is 8.42 Å². The van der Waals surface area contributed by atoms with Gasteiger partial charge in [-0.15, -0.1) is 0 Å². The number of pyridine rings is 1. The maximum atomic E-state index is 12.3. The van der Waals surface area contributed by atoms with Gasteiger partial charge in [0.2, 0.25) is 10.0 Å². The van der Waals surface area contributed by atoms with Gasteiger partial charge in [0.1, 0.15) is 5.15 Å². The molecule has 2 aromatic rings. The van der Waals surface area contributed by atoms with Crippen LogP contribution in [0.3, 0.4) is 0 Å². The molecule has 1 aliphatic rings. The number of sulfonamides is 1. The molecule has 3 rings (SSSR count). The molecule has 0 saturated heterocycles. The van der Waals surface area contributed by atoms with Gasteiger partial charge < -0.3 is 0 Å². The van der Waals surface area contributed by atoms with Crippen LogP contribution in [-0.2, 0) is 10.0 Å². The van der Waals surface area contributed by atoms with E-state index >= 15 is 0 Å². The molecule has 0 radical (unpaired) electrons. The van der Waals surface area contributed by atoms with Crippen LogP contribution in [0.4, 0.5) is 0 Å². The van der Waals surface area contributed by atoms with Gasteiger partial charge in [-0.25, -0.2) is 18.1 Å². The molecule has 1 saturated carbocycles. The van der Waals surface area contributed by atoms with Crippen LogP contribution >= 0.6 is 11.6 Å². The highest BCUT2D eigenvalue weighted by Crippen LogP contribution is 2.45. The molecule has 1 aromatic carbocycles. The van der Waals surface area contributed by atoms with E-state index in [2.05, 4.69) is 9.71 Å². The number of nitrogens with one attached hydrogen (secondary N) is 1. The number of benzene rings is 1. The molecule has 6 heteroatoms. The summed E-state index contributed by atoms with van der Waals surface area (Å²) in [4.78, 5) is 4.41. The van der Waals surface area contributed by atoms with Crippen molar-refractivity contribution in [1.29, 1.82) is 0 Å². The van der Waals surface area contributed by atoms with E-state index in [1.807, 2.05) is 13.8 Å². The van der Waals surface area contributed by atoms with Gasteiger partial charge >= 0.3 is 0 Å². The average Bonchev–Trinajstić information content (AvgIpc) is 2.94. The lowest BCUT2D eigenvalue weighted by molar-refractivity contribution is 0.555. The molecular weight excluding hydrogens is 296 g/mol. The first-order valence-electron chi connectivity index (χ1n) is 6.37. The molecule has 0 amide bonds. The minimum absolute atomic E-state index is 0.0199. The molecule has 1 heterocycles. The van der Waals surface area contributed by atoms with Crippen LogP contribution in [0.15, 0.2) is 35.2 Å². The standard InChI is InChI=1S/C14H15ClN2O2S/c1-14(2)8-12(14)17-20(18,19)10-4-5-11-9(7-10)3-6-13(15)16-11/h3-7,12,17H,8H2,1-2H3. The molecule has 0 spiro atoms. The van der Waals surface area contributed by atoms with Crippen molar-refractivity contribution >= 4 is 32.5 Å². The van der Waals surface area contributed by atoms with Gasteiger partial charge in [0.25, 0.3) is 0 Å². The van der Waals surface area contributed by atoms with Crippen molar-refractivity contribution in [3.8, 4) is 0 Å². The van der Waals surface area contributed by atoms with Gasteiger partial charge in [-0.2, -0.15) is 0 Å². The molecule has 1 aromatic heterocycles. The summed E-state index contributed by atoms with van der Waals surface area (Å²) in [7, 11) is -3.48. The Morgan fingerprint density at radius 3 is 2.65 bits per heavy atom. The fraction of sp³-hybridized carbons (Fsp3) is 0.357. The lowest BCUT2D eigenvalue weighted by Crippen LogP contribution is -2.28. The predicted octanol–water partition coefficient (Wildman–Crippen LogP) is 2.97. The Labute approximate surface area is 123 Å². The number of rotatable bonds is 3. The van der Waals surface area contributed by atoms with Gasteiger partial charge in [-0.05, 0) is 42.2 Å². The van der Waals surface area contributed by atoms with E-state index in [-0.39, 0.29) is 16.4 Å². The Balaban J connectivity index is 1.95. The smallest absolute Gasteiger partial charge is 0.236 e. The second-order valence-corrected chi connectivity index (χ2v) is 7.96. The zero-order valence-electron chi connectivity index (χ0n) is 11.2. The molecule has 1 aliphatic carbocycles. The molecule has 4 nitrogen and oxygen atoms in total. The molecule has 1 unspecified atom stereocenters. The predicted molar refractivity (Wildman–Crippen MR) is 79.3 cm³/mol. The van der Waals surface area contributed by atoms with Crippen molar-refractivity contribution in [2.24, 2.45) is 5.41 Å². The number of fused-ring (bicyclic) bond motifs is 1. The van der Waals surface area contributed by atoms with Gasteiger partial charge in [-0.3, -0.25) is 0 Å². The third-order valence-corrected chi connectivity index (χ3v) is 5.43. The number of hydrogen-bond donors (Lipinski definition) is 1. The number of halogens is 1. The summed E-state index contributed by atoms with van der Waals surface area (Å²) < 4.78 is 27.4. The Kier molecular flexibility index (Phi) is 3.04. The summed E-state index contributed by atoms with van der Waals surface area (Å²) in [6.07, 6.45) is 0.872. The van der Waals surface area contributed by atoms with E-state index in [1.165, 1.54) is 0 Å². The first-order chi connectivity index (χ1) is 9.28. The van der Waals surface area contributed by atoms with Crippen molar-refractivity contribution in [3.63, 3.8) is 0 Å². The maximum absolute atomic E-state index is 12.3.